The van der Waals surface area contributed by atoms with Gasteiger partial charge in [0.1, 0.15) is 5.82 Å². The molecular formula is C14H18ClN3S. The predicted octanol–water partition coefficient (Wildman–Crippen LogP) is 4.04. The van der Waals surface area contributed by atoms with E-state index in [1.54, 1.807) is 11.3 Å². The molecule has 5 heteroatoms. The van der Waals surface area contributed by atoms with E-state index in [4.69, 9.17) is 11.6 Å². The Balaban J connectivity index is 2.23. The molecule has 0 radical (unpaired) electrons. The van der Waals surface area contributed by atoms with E-state index in [1.807, 2.05) is 13.2 Å². The standard InChI is InChI=1S/C14H18ClN3S/c1-10(2)14-16-8-13(12(7-15)17-14)18(3)9-11-5-4-6-19-11/h4-6,8,10H,7,9H2,1-3H3. The summed E-state index contributed by atoms with van der Waals surface area (Å²) in [4.78, 5) is 12.5. The summed E-state index contributed by atoms with van der Waals surface area (Å²) in [6.45, 7) is 5.02. The molecule has 0 atom stereocenters. The topological polar surface area (TPSA) is 29.0 Å². The van der Waals surface area contributed by atoms with Crippen molar-refractivity contribution in [2.75, 3.05) is 11.9 Å². The van der Waals surface area contributed by atoms with E-state index in [9.17, 15) is 0 Å². The van der Waals surface area contributed by atoms with Gasteiger partial charge in [-0.05, 0) is 11.4 Å². The van der Waals surface area contributed by atoms with Crippen molar-refractivity contribution in [1.82, 2.24) is 9.97 Å². The van der Waals surface area contributed by atoms with Crippen LogP contribution in [0.3, 0.4) is 0 Å². The SMILES string of the molecule is CC(C)c1ncc(N(C)Cc2cccs2)c(CCl)n1. The Labute approximate surface area is 123 Å². The molecule has 0 unspecified atom stereocenters. The van der Waals surface area contributed by atoms with Crippen LogP contribution < -0.4 is 4.90 Å². The lowest BCUT2D eigenvalue weighted by molar-refractivity contribution is 0.759. The largest absolute Gasteiger partial charge is 0.367 e. The smallest absolute Gasteiger partial charge is 0.131 e. The van der Waals surface area contributed by atoms with Gasteiger partial charge in [-0.2, -0.15) is 0 Å². The lowest BCUT2D eigenvalue weighted by Gasteiger charge is -2.21. The van der Waals surface area contributed by atoms with E-state index < -0.39 is 0 Å². The molecule has 0 fully saturated rings. The molecule has 0 aliphatic heterocycles. The van der Waals surface area contributed by atoms with Gasteiger partial charge in [-0.3, -0.25) is 0 Å². The fraction of sp³-hybridized carbons (Fsp3) is 0.429. The van der Waals surface area contributed by atoms with Crippen LogP contribution in [0.15, 0.2) is 23.7 Å². The Hall–Kier alpha value is -1.13. The molecule has 0 N–H and O–H groups in total. The Morgan fingerprint density at radius 1 is 1.42 bits per heavy atom. The normalized spacial score (nSPS) is 11.0. The summed E-state index contributed by atoms with van der Waals surface area (Å²) in [5, 5.41) is 2.09. The van der Waals surface area contributed by atoms with E-state index >= 15 is 0 Å². The highest BCUT2D eigenvalue weighted by Crippen LogP contribution is 2.23. The number of nitrogens with zero attached hydrogens (tertiary/aromatic N) is 3. The van der Waals surface area contributed by atoms with Crippen LogP contribution >= 0.6 is 22.9 Å². The molecule has 0 spiro atoms. The van der Waals surface area contributed by atoms with Crippen LogP contribution in [0.1, 0.15) is 36.2 Å². The lowest BCUT2D eigenvalue weighted by atomic mass is 10.2. The van der Waals surface area contributed by atoms with E-state index in [1.165, 1.54) is 4.88 Å². The van der Waals surface area contributed by atoms with Gasteiger partial charge < -0.3 is 4.90 Å². The van der Waals surface area contributed by atoms with Crippen molar-refractivity contribution in [2.24, 2.45) is 0 Å². The second-order valence-corrected chi connectivity index (χ2v) is 6.08. The van der Waals surface area contributed by atoms with Gasteiger partial charge in [-0.25, -0.2) is 9.97 Å². The summed E-state index contributed by atoms with van der Waals surface area (Å²) >= 11 is 7.77. The molecule has 0 amide bonds. The van der Waals surface area contributed by atoms with Gasteiger partial charge in [0.25, 0.3) is 0 Å². The van der Waals surface area contributed by atoms with Crippen molar-refractivity contribution in [2.45, 2.75) is 32.2 Å². The van der Waals surface area contributed by atoms with Crippen molar-refractivity contribution in [1.29, 1.82) is 0 Å². The fourth-order valence-corrected chi connectivity index (χ4v) is 2.80. The van der Waals surface area contributed by atoms with Crippen LogP contribution in [0.4, 0.5) is 5.69 Å². The number of rotatable bonds is 5. The Morgan fingerprint density at radius 2 is 2.21 bits per heavy atom. The van der Waals surface area contributed by atoms with Crippen LogP contribution in [0.2, 0.25) is 0 Å². The summed E-state index contributed by atoms with van der Waals surface area (Å²) < 4.78 is 0. The number of thiophene rings is 1. The minimum Gasteiger partial charge on any atom is -0.367 e. The highest BCUT2D eigenvalue weighted by molar-refractivity contribution is 7.09. The van der Waals surface area contributed by atoms with Crippen molar-refractivity contribution >= 4 is 28.6 Å². The zero-order valence-electron chi connectivity index (χ0n) is 11.4. The maximum absolute atomic E-state index is 6.02. The molecule has 0 aromatic carbocycles. The first-order valence-corrected chi connectivity index (χ1v) is 7.68. The van der Waals surface area contributed by atoms with Crippen molar-refractivity contribution in [3.05, 3.63) is 40.1 Å². The second kappa shape index (κ2) is 6.35. The molecule has 2 aromatic rings. The van der Waals surface area contributed by atoms with Crippen LogP contribution in [-0.2, 0) is 12.4 Å². The fourth-order valence-electron chi connectivity index (χ4n) is 1.84. The van der Waals surface area contributed by atoms with E-state index in [0.29, 0.717) is 11.8 Å². The van der Waals surface area contributed by atoms with Crippen LogP contribution in [0.25, 0.3) is 0 Å². The molecule has 2 aromatic heterocycles. The number of aromatic nitrogens is 2. The maximum Gasteiger partial charge on any atom is 0.131 e. The minimum absolute atomic E-state index is 0.318. The molecule has 0 saturated heterocycles. The molecule has 102 valence electrons. The molecule has 0 aliphatic carbocycles. The summed E-state index contributed by atoms with van der Waals surface area (Å²) in [6, 6.07) is 4.19. The van der Waals surface area contributed by atoms with Gasteiger partial charge in [0.2, 0.25) is 0 Å². The second-order valence-electron chi connectivity index (χ2n) is 4.78. The predicted molar refractivity (Wildman–Crippen MR) is 82.1 cm³/mol. The van der Waals surface area contributed by atoms with Crippen molar-refractivity contribution in [3.8, 4) is 0 Å². The third-order valence-corrected chi connectivity index (χ3v) is 4.01. The number of hydrogen-bond acceptors (Lipinski definition) is 4. The monoisotopic (exact) mass is 295 g/mol. The van der Waals surface area contributed by atoms with Gasteiger partial charge in [-0.1, -0.05) is 19.9 Å². The van der Waals surface area contributed by atoms with Crippen LogP contribution in [-0.4, -0.2) is 17.0 Å². The summed E-state index contributed by atoms with van der Waals surface area (Å²) in [5.41, 5.74) is 1.91. The quantitative estimate of drug-likeness (QED) is 0.780. The Kier molecular flexibility index (Phi) is 4.77. The zero-order valence-corrected chi connectivity index (χ0v) is 13.0. The average Bonchev–Trinajstić information content (AvgIpc) is 2.90. The molecule has 2 heterocycles. The average molecular weight is 296 g/mol. The number of anilines is 1. The van der Waals surface area contributed by atoms with Gasteiger partial charge in [0.15, 0.2) is 0 Å². The highest BCUT2D eigenvalue weighted by Gasteiger charge is 2.12. The van der Waals surface area contributed by atoms with Crippen molar-refractivity contribution < 1.29 is 0 Å². The molecule has 0 aliphatic rings. The first-order chi connectivity index (χ1) is 9.11. The highest BCUT2D eigenvalue weighted by atomic mass is 35.5. The summed E-state index contributed by atoms with van der Waals surface area (Å²) in [5.74, 6) is 1.58. The first-order valence-electron chi connectivity index (χ1n) is 6.27. The summed E-state index contributed by atoms with van der Waals surface area (Å²) in [7, 11) is 2.05. The van der Waals surface area contributed by atoms with E-state index in [-0.39, 0.29) is 0 Å². The van der Waals surface area contributed by atoms with Crippen LogP contribution in [0, 0.1) is 0 Å². The third-order valence-electron chi connectivity index (χ3n) is 2.89. The van der Waals surface area contributed by atoms with Crippen LogP contribution in [0.5, 0.6) is 0 Å². The minimum atomic E-state index is 0.318. The van der Waals surface area contributed by atoms with Gasteiger partial charge >= 0.3 is 0 Å². The van der Waals surface area contributed by atoms with E-state index in [0.717, 1.165) is 23.8 Å². The summed E-state index contributed by atoms with van der Waals surface area (Å²) in [6.07, 6.45) is 1.88. The number of hydrogen-bond donors (Lipinski definition) is 0. The lowest BCUT2D eigenvalue weighted by Crippen LogP contribution is -2.19. The van der Waals surface area contributed by atoms with Gasteiger partial charge in [0, 0.05) is 17.8 Å². The maximum atomic E-state index is 6.02. The number of alkyl halides is 1. The molecule has 0 bridgehead atoms. The van der Waals surface area contributed by atoms with E-state index in [2.05, 4.69) is 46.2 Å². The van der Waals surface area contributed by atoms with Crippen molar-refractivity contribution in [3.63, 3.8) is 0 Å². The Morgan fingerprint density at radius 3 is 2.79 bits per heavy atom. The molecule has 3 nitrogen and oxygen atoms in total. The number of halogens is 1. The Bertz CT molecular complexity index is 525. The molecule has 0 saturated carbocycles. The molecule has 19 heavy (non-hydrogen) atoms. The first kappa shape index (κ1) is 14.3. The molecular weight excluding hydrogens is 278 g/mol. The zero-order chi connectivity index (χ0) is 13.8. The molecule has 2 rings (SSSR count). The van der Waals surface area contributed by atoms with Gasteiger partial charge in [0.05, 0.1) is 30.0 Å². The van der Waals surface area contributed by atoms with Gasteiger partial charge in [-0.15, -0.1) is 22.9 Å². The third kappa shape index (κ3) is 3.45.